The number of methoxy groups -OCH3 is 1. The van der Waals surface area contributed by atoms with Gasteiger partial charge in [0.25, 0.3) is 0 Å². The number of alkyl halides is 6. The first-order valence-electron chi connectivity index (χ1n) is 12.5. The predicted molar refractivity (Wildman–Crippen MR) is 131 cm³/mol. The Morgan fingerprint density at radius 2 is 1.85 bits per heavy atom. The van der Waals surface area contributed by atoms with E-state index >= 15 is 0 Å². The Hall–Kier alpha value is -3.34. The number of ether oxygens (including phenoxy) is 3. The molecule has 1 aliphatic rings. The second-order valence-corrected chi connectivity index (χ2v) is 10.6. The summed E-state index contributed by atoms with van der Waals surface area (Å²) in [7, 11) is 1.32. The van der Waals surface area contributed by atoms with E-state index in [9.17, 15) is 35.9 Å². The molecule has 2 N–H and O–H groups in total. The number of nitrogens with zero attached hydrogens (tertiary/aromatic N) is 4. The van der Waals surface area contributed by atoms with Gasteiger partial charge in [-0.3, -0.25) is 0 Å². The minimum atomic E-state index is -4.66. The molecular formula is C24H32F6N6O5. The second-order valence-electron chi connectivity index (χ2n) is 10.6. The SMILES string of the molecule is COC[C@H](c1cnn2cc([C@@H](NC(=O)OC(C)(C)C)[C@@H](C)O[C@H](C)C(F)(F)F)nc2c1)N1C[C@@H](C(F)(F)F)NC1=O. The summed E-state index contributed by atoms with van der Waals surface area (Å²) >= 11 is 0. The number of halogens is 6. The molecule has 0 radical (unpaired) electrons. The van der Waals surface area contributed by atoms with E-state index in [2.05, 4.69) is 15.4 Å². The molecule has 1 saturated heterocycles. The number of hydrogen-bond acceptors (Lipinski definition) is 7. The molecule has 41 heavy (non-hydrogen) atoms. The van der Waals surface area contributed by atoms with Gasteiger partial charge in [0.1, 0.15) is 17.7 Å². The highest BCUT2D eigenvalue weighted by Crippen LogP contribution is 2.31. The number of rotatable bonds is 9. The maximum Gasteiger partial charge on any atom is 0.414 e. The molecule has 0 unspecified atom stereocenters. The van der Waals surface area contributed by atoms with Gasteiger partial charge in [-0.25, -0.2) is 19.1 Å². The molecule has 3 amide bonds. The number of imidazole rings is 1. The highest BCUT2D eigenvalue weighted by atomic mass is 19.4. The van der Waals surface area contributed by atoms with Crippen molar-refractivity contribution in [1.29, 1.82) is 0 Å². The van der Waals surface area contributed by atoms with Crippen LogP contribution in [-0.2, 0) is 14.2 Å². The molecule has 1 aliphatic heterocycles. The number of alkyl carbamates (subject to hydrolysis) is 1. The van der Waals surface area contributed by atoms with Crippen molar-refractivity contribution in [2.24, 2.45) is 0 Å². The zero-order chi connectivity index (χ0) is 30.9. The first kappa shape index (κ1) is 32.2. The van der Waals surface area contributed by atoms with Crippen molar-refractivity contribution in [2.45, 2.75) is 82.9 Å². The summed E-state index contributed by atoms with van der Waals surface area (Å²) in [6, 6.07) is -3.74. The van der Waals surface area contributed by atoms with Crippen LogP contribution < -0.4 is 10.6 Å². The van der Waals surface area contributed by atoms with Gasteiger partial charge in [-0.1, -0.05) is 0 Å². The Morgan fingerprint density at radius 1 is 1.20 bits per heavy atom. The number of hydrogen-bond donors (Lipinski definition) is 2. The van der Waals surface area contributed by atoms with Gasteiger partial charge in [0, 0.05) is 12.7 Å². The van der Waals surface area contributed by atoms with Crippen LogP contribution in [0.4, 0.5) is 35.9 Å². The summed E-state index contributed by atoms with van der Waals surface area (Å²) in [4.78, 5) is 30.3. The normalized spacial score (nSPS) is 19.6. The molecule has 11 nitrogen and oxygen atoms in total. The highest BCUT2D eigenvalue weighted by molar-refractivity contribution is 5.77. The molecule has 2 aromatic rings. The number of carbonyl (C=O) groups excluding carboxylic acids is 2. The van der Waals surface area contributed by atoms with Crippen LogP contribution in [0.1, 0.15) is 58.0 Å². The largest absolute Gasteiger partial charge is 0.444 e. The van der Waals surface area contributed by atoms with Gasteiger partial charge < -0.3 is 29.7 Å². The van der Waals surface area contributed by atoms with Crippen LogP contribution in [0, 0.1) is 0 Å². The van der Waals surface area contributed by atoms with Crippen molar-refractivity contribution in [2.75, 3.05) is 20.3 Å². The fourth-order valence-corrected chi connectivity index (χ4v) is 4.12. The summed E-state index contributed by atoms with van der Waals surface area (Å²) in [5.74, 6) is 0. The molecule has 230 valence electrons. The van der Waals surface area contributed by atoms with Crippen molar-refractivity contribution in [3.05, 3.63) is 29.7 Å². The molecule has 1 fully saturated rings. The van der Waals surface area contributed by atoms with Crippen molar-refractivity contribution in [3.8, 4) is 0 Å². The molecule has 0 aromatic carbocycles. The van der Waals surface area contributed by atoms with Crippen LogP contribution in [0.2, 0.25) is 0 Å². The Bertz CT molecular complexity index is 1230. The van der Waals surface area contributed by atoms with E-state index in [0.717, 1.165) is 11.8 Å². The summed E-state index contributed by atoms with van der Waals surface area (Å²) in [6.45, 7) is 6.16. The van der Waals surface area contributed by atoms with Gasteiger partial charge in [0.05, 0.1) is 43.4 Å². The first-order valence-corrected chi connectivity index (χ1v) is 12.5. The smallest absolute Gasteiger partial charge is 0.414 e. The maximum atomic E-state index is 13.2. The van der Waals surface area contributed by atoms with Crippen molar-refractivity contribution < 1.29 is 50.1 Å². The molecule has 5 atom stereocenters. The van der Waals surface area contributed by atoms with E-state index in [-0.39, 0.29) is 17.9 Å². The minimum absolute atomic E-state index is 0.0710. The molecular weight excluding hydrogens is 566 g/mol. The van der Waals surface area contributed by atoms with Gasteiger partial charge in [0.15, 0.2) is 11.8 Å². The fraction of sp³-hybridized carbons (Fsp3) is 0.667. The van der Waals surface area contributed by atoms with Crippen LogP contribution in [-0.4, -0.2) is 88.1 Å². The van der Waals surface area contributed by atoms with Crippen LogP contribution >= 0.6 is 0 Å². The van der Waals surface area contributed by atoms with Gasteiger partial charge >= 0.3 is 24.5 Å². The van der Waals surface area contributed by atoms with Crippen LogP contribution in [0.5, 0.6) is 0 Å². The number of nitrogens with one attached hydrogen (secondary N) is 2. The number of amides is 3. The third-order valence-electron chi connectivity index (χ3n) is 6.12. The molecule has 0 saturated carbocycles. The Kier molecular flexibility index (Phi) is 9.32. The molecule has 3 heterocycles. The lowest BCUT2D eigenvalue weighted by Crippen LogP contribution is -2.42. The van der Waals surface area contributed by atoms with Crippen molar-refractivity contribution in [1.82, 2.24) is 30.1 Å². The molecule has 0 aliphatic carbocycles. The third-order valence-corrected chi connectivity index (χ3v) is 6.12. The second kappa shape index (κ2) is 11.9. The van der Waals surface area contributed by atoms with Crippen LogP contribution in [0.25, 0.3) is 5.65 Å². The van der Waals surface area contributed by atoms with E-state index in [1.807, 2.05) is 5.32 Å². The lowest BCUT2D eigenvalue weighted by molar-refractivity contribution is -0.227. The summed E-state index contributed by atoms with van der Waals surface area (Å²) in [5, 5.41) is 8.59. The number of fused-ring (bicyclic) bond motifs is 1. The van der Waals surface area contributed by atoms with Gasteiger partial charge in [0.2, 0.25) is 0 Å². The van der Waals surface area contributed by atoms with E-state index in [1.54, 1.807) is 20.8 Å². The monoisotopic (exact) mass is 598 g/mol. The lowest BCUT2D eigenvalue weighted by atomic mass is 10.1. The third kappa shape index (κ3) is 8.12. The van der Waals surface area contributed by atoms with Gasteiger partial charge in [-0.05, 0) is 40.7 Å². The Labute approximate surface area is 231 Å². The van der Waals surface area contributed by atoms with Crippen molar-refractivity contribution in [3.63, 3.8) is 0 Å². The van der Waals surface area contributed by atoms with Crippen LogP contribution in [0.15, 0.2) is 18.5 Å². The molecule has 0 bridgehead atoms. The number of carbonyl (C=O) groups is 2. The molecule has 3 rings (SSSR count). The van der Waals surface area contributed by atoms with Gasteiger partial charge in [-0.15, -0.1) is 0 Å². The zero-order valence-electron chi connectivity index (χ0n) is 23.1. The highest BCUT2D eigenvalue weighted by Gasteiger charge is 2.48. The molecule has 17 heteroatoms. The Morgan fingerprint density at radius 3 is 2.39 bits per heavy atom. The van der Waals surface area contributed by atoms with E-state index in [1.165, 1.54) is 37.0 Å². The maximum absolute atomic E-state index is 13.2. The van der Waals surface area contributed by atoms with Gasteiger partial charge in [-0.2, -0.15) is 31.4 Å². The fourth-order valence-electron chi connectivity index (χ4n) is 4.12. The van der Waals surface area contributed by atoms with E-state index in [0.29, 0.717) is 5.56 Å². The molecule has 2 aromatic heterocycles. The predicted octanol–water partition coefficient (Wildman–Crippen LogP) is 4.29. The van der Waals surface area contributed by atoms with E-state index < -0.39 is 67.0 Å². The average molecular weight is 599 g/mol. The lowest BCUT2D eigenvalue weighted by Gasteiger charge is -2.29. The first-order chi connectivity index (χ1) is 18.8. The zero-order valence-corrected chi connectivity index (χ0v) is 23.1. The standard InChI is InChI=1S/C24H32F6N6O5/c1-12(40-13(2)23(25,26)27)19(34-21(38)41-22(3,4)5)15-9-36-18(32-15)7-14(8-31-36)16(11-39-6)35-10-17(24(28,29)30)33-20(35)37/h7-9,12-13,16-17,19H,10-11H2,1-6H3,(H,33,37)(H,34,38)/t12-,13-,16-,17+,19+/m1/s1. The quantitative estimate of drug-likeness (QED) is 0.414. The van der Waals surface area contributed by atoms with Crippen molar-refractivity contribution >= 4 is 17.8 Å². The summed E-state index contributed by atoms with van der Waals surface area (Å²) in [5.41, 5.74) is -0.406. The van der Waals surface area contributed by atoms with E-state index in [4.69, 9.17) is 14.2 Å². The van der Waals surface area contributed by atoms with Crippen LogP contribution in [0.3, 0.4) is 0 Å². The number of aromatic nitrogens is 3. The summed E-state index contributed by atoms with van der Waals surface area (Å²) < 4.78 is 96.0. The topological polar surface area (TPSA) is 119 Å². The Balaban J connectivity index is 1.95. The number of urea groups is 1. The summed E-state index contributed by atoms with van der Waals surface area (Å²) in [6.07, 6.45) is -11.0. The minimum Gasteiger partial charge on any atom is -0.444 e. The molecule has 0 spiro atoms. The average Bonchev–Trinajstić information content (AvgIpc) is 3.42.